The van der Waals surface area contributed by atoms with E-state index >= 15 is 0 Å². The first-order valence-electron chi connectivity index (χ1n) is 12.3. The van der Waals surface area contributed by atoms with E-state index in [-0.39, 0.29) is 0 Å². The van der Waals surface area contributed by atoms with Crippen molar-refractivity contribution in [1.82, 2.24) is 19.4 Å². The molecule has 174 valence electrons. The SMILES string of the molecule is Cc1cccc(-n2cc(-c3ccccc3)c3c(N4CCN(Cc5ccccc5)CC4)ncnc32)c1. The fraction of sp³-hybridized carbons (Fsp3) is 0.200. The predicted molar refractivity (Wildman–Crippen MR) is 143 cm³/mol. The summed E-state index contributed by atoms with van der Waals surface area (Å²) in [6.45, 7) is 7.04. The zero-order chi connectivity index (χ0) is 23.6. The molecule has 35 heavy (non-hydrogen) atoms. The third-order valence-electron chi connectivity index (χ3n) is 6.85. The van der Waals surface area contributed by atoms with Crippen molar-refractivity contribution in [2.45, 2.75) is 13.5 Å². The molecule has 0 amide bonds. The van der Waals surface area contributed by atoms with Gasteiger partial charge >= 0.3 is 0 Å². The summed E-state index contributed by atoms with van der Waals surface area (Å²) in [5.41, 5.74) is 7.02. The quantitative estimate of drug-likeness (QED) is 0.337. The van der Waals surface area contributed by atoms with Crippen LogP contribution in [-0.4, -0.2) is 45.6 Å². The maximum absolute atomic E-state index is 4.83. The van der Waals surface area contributed by atoms with Crippen molar-refractivity contribution in [3.8, 4) is 16.8 Å². The molecule has 1 saturated heterocycles. The Balaban J connectivity index is 1.38. The van der Waals surface area contributed by atoms with Gasteiger partial charge in [-0.3, -0.25) is 4.90 Å². The van der Waals surface area contributed by atoms with Gasteiger partial charge in [-0.15, -0.1) is 0 Å². The van der Waals surface area contributed by atoms with Crippen molar-refractivity contribution >= 4 is 16.9 Å². The number of nitrogens with zero attached hydrogens (tertiary/aromatic N) is 5. The maximum Gasteiger partial charge on any atom is 0.150 e. The molecule has 0 saturated carbocycles. The summed E-state index contributed by atoms with van der Waals surface area (Å²) in [5.74, 6) is 1.03. The fourth-order valence-electron chi connectivity index (χ4n) is 5.06. The monoisotopic (exact) mass is 459 g/mol. The summed E-state index contributed by atoms with van der Waals surface area (Å²) in [6.07, 6.45) is 3.94. The minimum Gasteiger partial charge on any atom is -0.353 e. The molecule has 5 nitrogen and oxygen atoms in total. The molecule has 0 atom stereocenters. The van der Waals surface area contributed by atoms with Crippen LogP contribution >= 0.6 is 0 Å². The summed E-state index contributed by atoms with van der Waals surface area (Å²) >= 11 is 0. The maximum atomic E-state index is 4.83. The van der Waals surface area contributed by atoms with E-state index in [1.807, 2.05) is 0 Å². The second-order valence-electron chi connectivity index (χ2n) is 9.26. The van der Waals surface area contributed by atoms with E-state index in [0.717, 1.165) is 55.3 Å². The second-order valence-corrected chi connectivity index (χ2v) is 9.26. The average molecular weight is 460 g/mol. The first-order valence-corrected chi connectivity index (χ1v) is 12.3. The van der Waals surface area contributed by atoms with Gasteiger partial charge in [-0.2, -0.15) is 0 Å². The Morgan fingerprint density at radius 3 is 2.26 bits per heavy atom. The first kappa shape index (κ1) is 21.6. The summed E-state index contributed by atoms with van der Waals surface area (Å²) in [7, 11) is 0. The lowest BCUT2D eigenvalue weighted by atomic mass is 10.1. The summed E-state index contributed by atoms with van der Waals surface area (Å²) in [6, 6.07) is 29.9. The molecule has 5 heteroatoms. The molecular weight excluding hydrogens is 430 g/mol. The Labute approximate surface area is 206 Å². The van der Waals surface area contributed by atoms with Crippen LogP contribution in [0.4, 0.5) is 5.82 Å². The molecule has 3 aromatic carbocycles. The van der Waals surface area contributed by atoms with Crippen molar-refractivity contribution < 1.29 is 0 Å². The molecule has 1 fully saturated rings. The van der Waals surface area contributed by atoms with E-state index < -0.39 is 0 Å². The van der Waals surface area contributed by atoms with Gasteiger partial charge in [-0.05, 0) is 35.7 Å². The highest BCUT2D eigenvalue weighted by molar-refractivity contribution is 6.02. The lowest BCUT2D eigenvalue weighted by Crippen LogP contribution is -2.46. The molecular formula is C30H29N5. The number of benzene rings is 3. The van der Waals surface area contributed by atoms with Crippen LogP contribution in [0.5, 0.6) is 0 Å². The highest BCUT2D eigenvalue weighted by Gasteiger charge is 2.24. The molecule has 5 aromatic rings. The van der Waals surface area contributed by atoms with Gasteiger partial charge < -0.3 is 9.47 Å². The topological polar surface area (TPSA) is 37.2 Å². The fourth-order valence-corrected chi connectivity index (χ4v) is 5.06. The van der Waals surface area contributed by atoms with Gasteiger partial charge in [0.25, 0.3) is 0 Å². The molecule has 3 heterocycles. The number of rotatable bonds is 5. The van der Waals surface area contributed by atoms with Crippen LogP contribution in [0.1, 0.15) is 11.1 Å². The van der Waals surface area contributed by atoms with Gasteiger partial charge in [0.15, 0.2) is 5.65 Å². The summed E-state index contributed by atoms with van der Waals surface area (Å²) < 4.78 is 2.21. The molecule has 1 aliphatic rings. The Morgan fingerprint density at radius 2 is 1.51 bits per heavy atom. The Morgan fingerprint density at radius 1 is 0.771 bits per heavy atom. The van der Waals surface area contributed by atoms with Crippen molar-refractivity contribution in [1.29, 1.82) is 0 Å². The minimum absolute atomic E-state index is 0.947. The molecule has 0 aliphatic carbocycles. The van der Waals surface area contributed by atoms with Gasteiger partial charge in [0, 0.05) is 50.2 Å². The number of hydrogen-bond acceptors (Lipinski definition) is 4. The number of piperazine rings is 1. The highest BCUT2D eigenvalue weighted by atomic mass is 15.3. The number of fused-ring (bicyclic) bond motifs is 1. The molecule has 0 N–H and O–H groups in total. The molecule has 6 rings (SSSR count). The standard InChI is InChI=1S/C30H29N5/c1-23-9-8-14-26(19-23)35-21-27(25-12-6-3-7-13-25)28-29(31-22-32-30(28)35)34-17-15-33(16-18-34)20-24-10-4-2-5-11-24/h2-14,19,21-22H,15-18,20H2,1H3. The highest BCUT2D eigenvalue weighted by Crippen LogP contribution is 2.37. The minimum atomic E-state index is 0.947. The number of anilines is 1. The van der Waals surface area contributed by atoms with Crippen LogP contribution < -0.4 is 4.90 Å². The number of hydrogen-bond donors (Lipinski definition) is 0. The van der Waals surface area contributed by atoms with Crippen LogP contribution in [0.15, 0.2) is 97.5 Å². The third kappa shape index (κ3) is 4.31. The van der Waals surface area contributed by atoms with E-state index in [1.165, 1.54) is 22.3 Å². The first-order chi connectivity index (χ1) is 17.3. The normalized spacial score (nSPS) is 14.5. The predicted octanol–water partition coefficient (Wildman–Crippen LogP) is 5.72. The van der Waals surface area contributed by atoms with Gasteiger partial charge in [-0.1, -0.05) is 72.8 Å². The largest absolute Gasteiger partial charge is 0.353 e. The number of aryl methyl sites for hydroxylation is 1. The molecule has 0 bridgehead atoms. The van der Waals surface area contributed by atoms with Gasteiger partial charge in [0.2, 0.25) is 0 Å². The van der Waals surface area contributed by atoms with Crippen molar-refractivity contribution in [3.63, 3.8) is 0 Å². The van der Waals surface area contributed by atoms with E-state index in [4.69, 9.17) is 9.97 Å². The van der Waals surface area contributed by atoms with E-state index in [9.17, 15) is 0 Å². The van der Waals surface area contributed by atoms with Crippen LogP contribution in [0.25, 0.3) is 27.8 Å². The lowest BCUT2D eigenvalue weighted by molar-refractivity contribution is 0.249. The van der Waals surface area contributed by atoms with E-state index in [0.29, 0.717) is 0 Å². The Hall–Kier alpha value is -3.96. The summed E-state index contributed by atoms with van der Waals surface area (Å²) in [4.78, 5) is 14.6. The zero-order valence-electron chi connectivity index (χ0n) is 20.0. The molecule has 0 spiro atoms. The van der Waals surface area contributed by atoms with E-state index in [1.54, 1.807) is 6.33 Å². The van der Waals surface area contributed by atoms with Gasteiger partial charge in [0.05, 0.1) is 5.39 Å². The zero-order valence-corrected chi connectivity index (χ0v) is 20.0. The molecule has 0 unspecified atom stereocenters. The third-order valence-corrected chi connectivity index (χ3v) is 6.85. The Bertz CT molecular complexity index is 1430. The van der Waals surface area contributed by atoms with Crippen LogP contribution in [0.3, 0.4) is 0 Å². The molecule has 0 radical (unpaired) electrons. The van der Waals surface area contributed by atoms with Crippen LogP contribution in [0, 0.1) is 6.92 Å². The smallest absolute Gasteiger partial charge is 0.150 e. The van der Waals surface area contributed by atoms with Crippen molar-refractivity contribution in [2.24, 2.45) is 0 Å². The van der Waals surface area contributed by atoms with Crippen LogP contribution in [-0.2, 0) is 6.54 Å². The van der Waals surface area contributed by atoms with Gasteiger partial charge in [0.1, 0.15) is 12.1 Å². The molecule has 2 aromatic heterocycles. The van der Waals surface area contributed by atoms with Crippen molar-refractivity contribution in [2.75, 3.05) is 31.1 Å². The second kappa shape index (κ2) is 9.35. The van der Waals surface area contributed by atoms with Gasteiger partial charge in [-0.25, -0.2) is 9.97 Å². The van der Waals surface area contributed by atoms with Crippen LogP contribution in [0.2, 0.25) is 0 Å². The number of aromatic nitrogens is 3. The summed E-state index contributed by atoms with van der Waals surface area (Å²) in [5, 5.41) is 1.12. The molecule has 1 aliphatic heterocycles. The lowest BCUT2D eigenvalue weighted by Gasteiger charge is -2.35. The average Bonchev–Trinajstić information content (AvgIpc) is 3.30. The van der Waals surface area contributed by atoms with Crippen molar-refractivity contribution in [3.05, 3.63) is 109 Å². The van der Waals surface area contributed by atoms with E-state index in [2.05, 4.69) is 112 Å². The Kier molecular flexibility index (Phi) is 5.76.